The smallest absolute Gasteiger partial charge is 0.235 e. The van der Waals surface area contributed by atoms with Crippen molar-refractivity contribution in [3.63, 3.8) is 0 Å². The highest BCUT2D eigenvalue weighted by molar-refractivity contribution is 6.27. The molecule has 4 nitrogen and oxygen atoms in total. The van der Waals surface area contributed by atoms with E-state index in [4.69, 9.17) is 11.6 Å². The molecule has 0 saturated heterocycles. The van der Waals surface area contributed by atoms with Crippen LogP contribution in [0.5, 0.6) is 5.75 Å². The third-order valence-corrected chi connectivity index (χ3v) is 3.68. The highest BCUT2D eigenvalue weighted by Crippen LogP contribution is 2.32. The highest BCUT2D eigenvalue weighted by Gasteiger charge is 2.23. The van der Waals surface area contributed by atoms with Crippen LogP contribution in [0.25, 0.3) is 0 Å². The molecule has 122 valence electrons. The van der Waals surface area contributed by atoms with Gasteiger partial charge in [0.25, 0.3) is 0 Å². The molecule has 0 spiro atoms. The van der Waals surface area contributed by atoms with Crippen LogP contribution in [-0.4, -0.2) is 22.7 Å². The van der Waals surface area contributed by atoms with Gasteiger partial charge in [0.15, 0.2) is 5.78 Å². The van der Waals surface area contributed by atoms with Crippen molar-refractivity contribution in [2.45, 2.75) is 46.6 Å². The van der Waals surface area contributed by atoms with Crippen molar-refractivity contribution in [2.75, 3.05) is 5.88 Å². The number of ketones is 1. The molecule has 0 unspecified atom stereocenters. The van der Waals surface area contributed by atoms with E-state index in [-0.39, 0.29) is 41.2 Å². The zero-order chi connectivity index (χ0) is 17.1. The van der Waals surface area contributed by atoms with Crippen LogP contribution in [0.15, 0.2) is 12.1 Å². The summed E-state index contributed by atoms with van der Waals surface area (Å²) in [4.78, 5) is 23.6. The maximum atomic E-state index is 12.3. The summed E-state index contributed by atoms with van der Waals surface area (Å²) >= 11 is 5.46. The molecule has 22 heavy (non-hydrogen) atoms. The minimum absolute atomic E-state index is 0.0680. The van der Waals surface area contributed by atoms with E-state index in [0.717, 1.165) is 5.56 Å². The van der Waals surface area contributed by atoms with E-state index in [1.54, 1.807) is 19.9 Å². The van der Waals surface area contributed by atoms with E-state index in [1.165, 1.54) is 0 Å². The number of hydrogen-bond acceptors (Lipinski definition) is 3. The molecule has 0 aromatic heterocycles. The number of rotatable bonds is 5. The van der Waals surface area contributed by atoms with Gasteiger partial charge < -0.3 is 10.4 Å². The molecule has 0 atom stereocenters. The van der Waals surface area contributed by atoms with Crippen molar-refractivity contribution in [1.29, 1.82) is 0 Å². The van der Waals surface area contributed by atoms with Gasteiger partial charge in [-0.15, -0.1) is 11.6 Å². The Morgan fingerprint density at radius 2 is 1.86 bits per heavy atom. The molecular weight excluding hydrogens is 302 g/mol. The third-order valence-electron chi connectivity index (χ3n) is 3.44. The minimum atomic E-state index is -0.320. The number of aromatic hydroxyl groups is 1. The molecule has 1 aromatic carbocycles. The molecule has 0 fully saturated rings. The zero-order valence-electron chi connectivity index (χ0n) is 13.8. The number of Topliss-reactive ketones (excluding diaryl/α,β-unsaturated/α-hetero) is 1. The van der Waals surface area contributed by atoms with Gasteiger partial charge in [0.1, 0.15) is 11.6 Å². The second kappa shape index (κ2) is 7.14. The first-order valence-electron chi connectivity index (χ1n) is 7.31. The Morgan fingerprint density at radius 3 is 2.32 bits per heavy atom. The van der Waals surface area contributed by atoms with E-state index in [2.05, 4.69) is 5.32 Å². The number of phenols is 1. The molecule has 0 bridgehead atoms. The summed E-state index contributed by atoms with van der Waals surface area (Å²) in [5.74, 6) is -0.863. The monoisotopic (exact) mass is 325 g/mol. The van der Waals surface area contributed by atoms with Crippen LogP contribution in [0.1, 0.15) is 56.1 Å². The summed E-state index contributed by atoms with van der Waals surface area (Å²) in [6.45, 7) is 9.82. The van der Waals surface area contributed by atoms with E-state index in [9.17, 15) is 14.7 Å². The number of carbonyl (C=O) groups is 2. The molecule has 5 heteroatoms. The van der Waals surface area contributed by atoms with Gasteiger partial charge in [-0.3, -0.25) is 9.59 Å². The fourth-order valence-corrected chi connectivity index (χ4v) is 2.10. The van der Waals surface area contributed by atoms with Gasteiger partial charge in [0.2, 0.25) is 5.91 Å². The van der Waals surface area contributed by atoms with Crippen LogP contribution in [0.4, 0.5) is 0 Å². The lowest BCUT2D eigenvalue weighted by Crippen LogP contribution is -2.24. The van der Waals surface area contributed by atoms with Crippen molar-refractivity contribution in [3.05, 3.63) is 28.8 Å². The van der Waals surface area contributed by atoms with Crippen LogP contribution >= 0.6 is 11.6 Å². The Labute approximate surface area is 136 Å². The van der Waals surface area contributed by atoms with Gasteiger partial charge in [-0.1, -0.05) is 34.6 Å². The predicted octanol–water partition coefficient (Wildman–Crippen LogP) is 3.38. The molecule has 0 aliphatic rings. The lowest BCUT2D eigenvalue weighted by Gasteiger charge is -2.22. The molecular formula is C17H24ClNO3. The van der Waals surface area contributed by atoms with Crippen LogP contribution in [-0.2, 0) is 16.8 Å². The third kappa shape index (κ3) is 4.47. The number of phenolic OH excluding ortho intramolecular Hbond substituents is 1. The Bertz CT molecular complexity index is 574. The predicted molar refractivity (Wildman–Crippen MR) is 88.5 cm³/mol. The van der Waals surface area contributed by atoms with Crippen LogP contribution < -0.4 is 5.32 Å². The molecule has 1 amide bonds. The molecule has 2 N–H and O–H groups in total. The maximum Gasteiger partial charge on any atom is 0.235 e. The van der Waals surface area contributed by atoms with Gasteiger partial charge in [0.05, 0.1) is 5.56 Å². The molecule has 0 radical (unpaired) electrons. The molecule has 1 rings (SSSR count). The summed E-state index contributed by atoms with van der Waals surface area (Å²) in [5, 5.41) is 13.0. The number of amides is 1. The number of hydrogen-bond donors (Lipinski definition) is 2. The Hall–Kier alpha value is -1.55. The molecule has 1 aromatic rings. The van der Waals surface area contributed by atoms with Crippen molar-refractivity contribution >= 4 is 23.3 Å². The van der Waals surface area contributed by atoms with Crippen molar-refractivity contribution in [1.82, 2.24) is 5.32 Å². The van der Waals surface area contributed by atoms with E-state index < -0.39 is 0 Å². The minimum Gasteiger partial charge on any atom is -0.507 e. The topological polar surface area (TPSA) is 66.4 Å². The maximum absolute atomic E-state index is 12.3. The summed E-state index contributed by atoms with van der Waals surface area (Å²) in [7, 11) is 0. The molecule has 0 aliphatic heterocycles. The average Bonchev–Trinajstić information content (AvgIpc) is 2.43. The van der Waals surface area contributed by atoms with E-state index in [0.29, 0.717) is 11.1 Å². The first-order chi connectivity index (χ1) is 10.1. The van der Waals surface area contributed by atoms with Crippen molar-refractivity contribution < 1.29 is 14.7 Å². The lowest BCUT2D eigenvalue weighted by molar-refractivity contribution is -0.118. The average molecular weight is 326 g/mol. The second-order valence-corrected chi connectivity index (χ2v) is 6.98. The SMILES string of the molecule is CC(C)C(=O)c1cc(C(C)(C)C)cc(CNC(=O)CCl)c1O. The van der Waals surface area contributed by atoms with E-state index >= 15 is 0 Å². The fraction of sp³-hybridized carbons (Fsp3) is 0.529. The number of carbonyl (C=O) groups excluding carboxylic acids is 2. The fourth-order valence-electron chi connectivity index (χ4n) is 2.00. The quantitative estimate of drug-likeness (QED) is 0.644. The summed E-state index contributed by atoms with van der Waals surface area (Å²) in [5.41, 5.74) is 1.59. The number of nitrogens with one attached hydrogen (secondary N) is 1. The van der Waals surface area contributed by atoms with E-state index in [1.807, 2.05) is 26.8 Å². The Morgan fingerprint density at radius 1 is 1.27 bits per heavy atom. The highest BCUT2D eigenvalue weighted by atomic mass is 35.5. The molecule has 0 heterocycles. The van der Waals surface area contributed by atoms with Crippen LogP contribution in [0, 0.1) is 5.92 Å². The summed E-state index contributed by atoms with van der Waals surface area (Å²) in [6.07, 6.45) is 0. The van der Waals surface area contributed by atoms with Crippen LogP contribution in [0.2, 0.25) is 0 Å². The first kappa shape index (κ1) is 18.5. The summed E-state index contributed by atoms with van der Waals surface area (Å²) < 4.78 is 0. The van der Waals surface area contributed by atoms with Crippen molar-refractivity contribution in [2.24, 2.45) is 5.92 Å². The lowest BCUT2D eigenvalue weighted by atomic mass is 9.83. The van der Waals surface area contributed by atoms with Gasteiger partial charge >= 0.3 is 0 Å². The molecule has 0 saturated carbocycles. The number of benzene rings is 1. The summed E-state index contributed by atoms with van der Waals surface area (Å²) in [6, 6.07) is 3.56. The Balaban J connectivity index is 3.33. The standard InChI is InChI=1S/C17H24ClNO3/c1-10(2)15(21)13-7-12(17(3,4)5)6-11(16(13)22)9-19-14(20)8-18/h6-7,10,22H,8-9H2,1-5H3,(H,19,20). The van der Waals surface area contributed by atoms with Gasteiger partial charge in [0, 0.05) is 18.0 Å². The Kier molecular flexibility index (Phi) is 6.00. The van der Waals surface area contributed by atoms with Gasteiger partial charge in [-0.2, -0.15) is 0 Å². The van der Waals surface area contributed by atoms with Gasteiger partial charge in [-0.05, 0) is 23.1 Å². The largest absolute Gasteiger partial charge is 0.507 e. The first-order valence-corrected chi connectivity index (χ1v) is 7.84. The second-order valence-electron chi connectivity index (χ2n) is 6.71. The van der Waals surface area contributed by atoms with Crippen LogP contribution in [0.3, 0.4) is 0 Å². The van der Waals surface area contributed by atoms with Gasteiger partial charge in [-0.25, -0.2) is 0 Å². The zero-order valence-corrected chi connectivity index (χ0v) is 14.5. The molecule has 0 aliphatic carbocycles. The van der Waals surface area contributed by atoms with Crippen molar-refractivity contribution in [3.8, 4) is 5.75 Å². The number of alkyl halides is 1. The number of halogens is 1. The normalized spacial score (nSPS) is 11.6.